The van der Waals surface area contributed by atoms with Crippen molar-refractivity contribution >= 4 is 23.1 Å². The molecule has 12 heavy (non-hydrogen) atoms. The van der Waals surface area contributed by atoms with Crippen molar-refractivity contribution in [2.75, 3.05) is 7.11 Å². The summed E-state index contributed by atoms with van der Waals surface area (Å²) in [4.78, 5) is 3.88. The van der Waals surface area contributed by atoms with E-state index in [1.807, 2.05) is 25.1 Å². The standard InChI is InChI=1S/C9H9NOS/c1-7-3-4-9(11-2)8(5-7)10-6-12/h3-5H,1-2H3. The van der Waals surface area contributed by atoms with Crippen LogP contribution in [0.4, 0.5) is 5.69 Å². The summed E-state index contributed by atoms with van der Waals surface area (Å²) < 4.78 is 5.07. The molecule has 1 rings (SSSR count). The zero-order chi connectivity index (χ0) is 8.97. The van der Waals surface area contributed by atoms with Crippen LogP contribution in [0.2, 0.25) is 0 Å². The van der Waals surface area contributed by atoms with Crippen molar-refractivity contribution in [3.05, 3.63) is 23.8 Å². The predicted molar refractivity (Wildman–Crippen MR) is 52.4 cm³/mol. The summed E-state index contributed by atoms with van der Waals surface area (Å²) in [5.74, 6) is 0.720. The lowest BCUT2D eigenvalue weighted by Crippen LogP contribution is -1.83. The van der Waals surface area contributed by atoms with Crippen LogP contribution in [0.5, 0.6) is 5.75 Å². The van der Waals surface area contributed by atoms with Crippen LogP contribution < -0.4 is 4.74 Å². The highest BCUT2D eigenvalue weighted by Gasteiger charge is 1.99. The van der Waals surface area contributed by atoms with Gasteiger partial charge in [0.1, 0.15) is 11.4 Å². The number of benzene rings is 1. The van der Waals surface area contributed by atoms with Crippen molar-refractivity contribution in [3.63, 3.8) is 0 Å². The van der Waals surface area contributed by atoms with E-state index in [4.69, 9.17) is 4.74 Å². The normalized spacial score (nSPS) is 8.83. The van der Waals surface area contributed by atoms with Gasteiger partial charge in [-0.3, -0.25) is 0 Å². The second kappa shape index (κ2) is 4.00. The second-order valence-corrected chi connectivity index (χ2v) is 2.56. The number of hydrogen-bond acceptors (Lipinski definition) is 3. The molecule has 0 fully saturated rings. The minimum Gasteiger partial charge on any atom is -0.494 e. The fraction of sp³-hybridized carbons (Fsp3) is 0.222. The number of methoxy groups -OCH3 is 1. The van der Waals surface area contributed by atoms with Gasteiger partial charge in [0.25, 0.3) is 0 Å². The molecule has 2 nitrogen and oxygen atoms in total. The van der Waals surface area contributed by atoms with Gasteiger partial charge in [0.2, 0.25) is 0 Å². The second-order valence-electron chi connectivity index (χ2n) is 2.38. The number of nitrogens with zero attached hydrogens (tertiary/aromatic N) is 1. The third kappa shape index (κ3) is 1.91. The Hall–Kier alpha value is -1.18. The van der Waals surface area contributed by atoms with Crippen LogP contribution in [0.15, 0.2) is 23.2 Å². The first-order valence-corrected chi connectivity index (χ1v) is 3.91. The molecular formula is C9H9NOS. The fourth-order valence-electron chi connectivity index (χ4n) is 0.937. The first-order chi connectivity index (χ1) is 5.77. The van der Waals surface area contributed by atoms with E-state index in [1.165, 1.54) is 0 Å². The Morgan fingerprint density at radius 3 is 2.83 bits per heavy atom. The highest BCUT2D eigenvalue weighted by Crippen LogP contribution is 2.27. The monoisotopic (exact) mass is 179 g/mol. The molecule has 0 aliphatic rings. The third-order valence-electron chi connectivity index (χ3n) is 1.50. The molecule has 3 heteroatoms. The Kier molecular flexibility index (Phi) is 2.97. The van der Waals surface area contributed by atoms with Gasteiger partial charge in [0.15, 0.2) is 0 Å². The summed E-state index contributed by atoms with van der Waals surface area (Å²) in [6, 6.07) is 5.72. The minimum atomic E-state index is 0.720. The number of ether oxygens (including phenoxy) is 1. The molecular weight excluding hydrogens is 170 g/mol. The average Bonchev–Trinajstić information content (AvgIpc) is 2.05. The molecule has 0 amide bonds. The van der Waals surface area contributed by atoms with E-state index in [1.54, 1.807) is 7.11 Å². The van der Waals surface area contributed by atoms with E-state index in [2.05, 4.69) is 22.4 Å². The van der Waals surface area contributed by atoms with Crippen LogP contribution in [-0.2, 0) is 0 Å². The summed E-state index contributed by atoms with van der Waals surface area (Å²) in [5, 5.41) is 2.31. The first kappa shape index (κ1) is 8.91. The molecule has 1 aromatic carbocycles. The van der Waals surface area contributed by atoms with Crippen molar-refractivity contribution in [2.45, 2.75) is 6.92 Å². The number of hydrogen-bond donors (Lipinski definition) is 0. The molecule has 0 radical (unpaired) electrons. The largest absolute Gasteiger partial charge is 0.494 e. The molecule has 0 saturated heterocycles. The predicted octanol–water partition coefficient (Wildman–Crippen LogP) is 2.74. The van der Waals surface area contributed by atoms with E-state index >= 15 is 0 Å². The van der Waals surface area contributed by atoms with Crippen molar-refractivity contribution in [1.82, 2.24) is 0 Å². The van der Waals surface area contributed by atoms with Crippen LogP contribution in [0.25, 0.3) is 0 Å². The van der Waals surface area contributed by atoms with Crippen LogP contribution in [-0.4, -0.2) is 12.3 Å². The van der Waals surface area contributed by atoms with Gasteiger partial charge in [-0.25, -0.2) is 0 Å². The maximum absolute atomic E-state index is 5.07. The molecule has 0 spiro atoms. The average molecular weight is 179 g/mol. The Labute approximate surface area is 76.9 Å². The van der Waals surface area contributed by atoms with Crippen molar-refractivity contribution in [1.29, 1.82) is 0 Å². The maximum atomic E-state index is 5.07. The zero-order valence-electron chi connectivity index (χ0n) is 7.00. The lowest BCUT2D eigenvalue weighted by Gasteiger charge is -2.02. The molecule has 0 unspecified atom stereocenters. The topological polar surface area (TPSA) is 21.6 Å². The maximum Gasteiger partial charge on any atom is 0.145 e. The Bertz CT molecular complexity index is 329. The van der Waals surface area contributed by atoms with Gasteiger partial charge in [-0.1, -0.05) is 6.07 Å². The molecule has 0 saturated carbocycles. The van der Waals surface area contributed by atoms with Gasteiger partial charge in [-0.2, -0.15) is 4.99 Å². The zero-order valence-corrected chi connectivity index (χ0v) is 7.81. The Morgan fingerprint density at radius 1 is 1.50 bits per heavy atom. The van der Waals surface area contributed by atoms with Crippen LogP contribution >= 0.6 is 12.2 Å². The SMILES string of the molecule is COc1ccc(C)cc1N=C=S. The lowest BCUT2D eigenvalue weighted by molar-refractivity contribution is 0.416. The van der Waals surface area contributed by atoms with E-state index in [9.17, 15) is 0 Å². The number of rotatable bonds is 2. The first-order valence-electron chi connectivity index (χ1n) is 3.50. The van der Waals surface area contributed by atoms with Crippen LogP contribution in [0.1, 0.15) is 5.56 Å². The molecule has 1 aromatic rings. The molecule has 0 atom stereocenters. The number of aliphatic imine (C=N–C) groups is 1. The summed E-state index contributed by atoms with van der Waals surface area (Å²) in [6.07, 6.45) is 0. The highest BCUT2D eigenvalue weighted by atomic mass is 32.1. The molecule has 0 bridgehead atoms. The van der Waals surface area contributed by atoms with Crippen molar-refractivity contribution in [3.8, 4) is 5.75 Å². The fourth-order valence-corrected chi connectivity index (χ4v) is 1.03. The third-order valence-corrected chi connectivity index (χ3v) is 1.59. The Morgan fingerprint density at radius 2 is 2.25 bits per heavy atom. The molecule has 0 heterocycles. The van der Waals surface area contributed by atoms with Gasteiger partial charge >= 0.3 is 0 Å². The molecule has 0 N–H and O–H groups in total. The highest BCUT2D eigenvalue weighted by molar-refractivity contribution is 7.78. The quantitative estimate of drug-likeness (QED) is 0.514. The van der Waals surface area contributed by atoms with Gasteiger partial charge < -0.3 is 4.74 Å². The molecule has 0 aliphatic carbocycles. The van der Waals surface area contributed by atoms with Gasteiger partial charge in [0, 0.05) is 0 Å². The Balaban J connectivity index is 3.20. The minimum absolute atomic E-state index is 0.720. The molecule has 62 valence electrons. The molecule has 0 aliphatic heterocycles. The summed E-state index contributed by atoms with van der Waals surface area (Å²) in [5.41, 5.74) is 1.85. The van der Waals surface area contributed by atoms with E-state index in [0.717, 1.165) is 17.0 Å². The number of aryl methyl sites for hydroxylation is 1. The summed E-state index contributed by atoms with van der Waals surface area (Å²) in [7, 11) is 1.60. The van der Waals surface area contributed by atoms with Gasteiger partial charge in [-0.05, 0) is 36.8 Å². The molecule has 0 aromatic heterocycles. The number of thiocarbonyl (C=S) groups is 1. The van der Waals surface area contributed by atoms with Crippen LogP contribution in [0, 0.1) is 6.92 Å². The number of isothiocyanates is 1. The van der Waals surface area contributed by atoms with Gasteiger partial charge in [0.05, 0.1) is 12.3 Å². The van der Waals surface area contributed by atoms with E-state index < -0.39 is 0 Å². The summed E-state index contributed by atoms with van der Waals surface area (Å²) >= 11 is 4.51. The van der Waals surface area contributed by atoms with Crippen LogP contribution in [0.3, 0.4) is 0 Å². The smallest absolute Gasteiger partial charge is 0.145 e. The lowest BCUT2D eigenvalue weighted by atomic mass is 10.2. The van der Waals surface area contributed by atoms with E-state index in [0.29, 0.717) is 0 Å². The summed E-state index contributed by atoms with van der Waals surface area (Å²) in [6.45, 7) is 1.99. The van der Waals surface area contributed by atoms with Crippen molar-refractivity contribution in [2.24, 2.45) is 4.99 Å². The van der Waals surface area contributed by atoms with Gasteiger partial charge in [-0.15, -0.1) is 0 Å². The van der Waals surface area contributed by atoms with Crippen molar-refractivity contribution < 1.29 is 4.74 Å². The van der Waals surface area contributed by atoms with E-state index in [-0.39, 0.29) is 0 Å².